The minimum Gasteiger partial charge on any atom is -0.487 e. The third-order valence-electron chi connectivity index (χ3n) is 5.97. The summed E-state index contributed by atoms with van der Waals surface area (Å²) >= 11 is 0. The van der Waals surface area contributed by atoms with Crippen LogP contribution in [0.3, 0.4) is 0 Å². The second-order valence-electron chi connectivity index (χ2n) is 8.14. The van der Waals surface area contributed by atoms with Gasteiger partial charge in [0.25, 0.3) is 0 Å². The molecule has 1 saturated heterocycles. The fraction of sp³-hybridized carbons (Fsp3) is 0.333. The molecule has 0 aromatic heterocycles. The van der Waals surface area contributed by atoms with Crippen LogP contribution in [-0.4, -0.2) is 30.4 Å². The summed E-state index contributed by atoms with van der Waals surface area (Å²) in [7, 11) is 0. The number of ether oxygens (including phenoxy) is 1. The molecule has 0 spiro atoms. The Morgan fingerprint density at radius 2 is 1.82 bits per heavy atom. The maximum absolute atomic E-state index is 14.6. The van der Waals surface area contributed by atoms with Gasteiger partial charge in [-0.3, -0.25) is 0 Å². The van der Waals surface area contributed by atoms with Crippen LogP contribution in [0.25, 0.3) is 11.1 Å². The van der Waals surface area contributed by atoms with Crippen LogP contribution >= 0.6 is 0 Å². The molecule has 0 N–H and O–H groups in total. The standard InChI is InChI=1S/C27H29F2N3O/c1-4-20(5-2)17-31-19(3)32-12-10-22(11-13-32)18-33-27-25(28)14-24(15-26(27)29)23-8-6-21(16-30)7-9-23/h4,6-9,14-15,17,22H,1,5,10-13,18H2,2-3H3/b20-17+,31-19?. The molecule has 0 radical (unpaired) electrons. The van der Waals surface area contributed by atoms with E-state index in [0.29, 0.717) is 16.7 Å². The molecule has 0 saturated carbocycles. The third-order valence-corrected chi connectivity index (χ3v) is 5.97. The lowest BCUT2D eigenvalue weighted by atomic mass is 9.97. The van der Waals surface area contributed by atoms with Crippen molar-refractivity contribution in [1.29, 1.82) is 5.26 Å². The highest BCUT2D eigenvalue weighted by molar-refractivity contribution is 5.80. The summed E-state index contributed by atoms with van der Waals surface area (Å²) in [4.78, 5) is 6.76. The normalized spacial score (nSPS) is 15.3. The summed E-state index contributed by atoms with van der Waals surface area (Å²) < 4.78 is 34.8. The van der Waals surface area contributed by atoms with E-state index >= 15 is 0 Å². The monoisotopic (exact) mass is 449 g/mol. The molecule has 1 fully saturated rings. The number of nitriles is 1. The molecular formula is C27H29F2N3O. The minimum absolute atomic E-state index is 0.223. The summed E-state index contributed by atoms with van der Waals surface area (Å²) in [6.07, 6.45) is 6.29. The first-order valence-electron chi connectivity index (χ1n) is 11.2. The topological polar surface area (TPSA) is 48.6 Å². The van der Waals surface area contributed by atoms with Crippen LogP contribution in [0.15, 0.2) is 65.8 Å². The SMILES string of the molecule is C=C/C(=C\N=C(C)N1CCC(COc2c(F)cc(-c3ccc(C#N)cc3)cc2F)CC1)CC. The van der Waals surface area contributed by atoms with E-state index in [1.165, 1.54) is 12.1 Å². The van der Waals surface area contributed by atoms with E-state index in [9.17, 15) is 8.78 Å². The molecule has 1 aliphatic rings. The van der Waals surface area contributed by atoms with Gasteiger partial charge in [0, 0.05) is 19.3 Å². The van der Waals surface area contributed by atoms with Crippen LogP contribution in [0.2, 0.25) is 0 Å². The fourth-order valence-corrected chi connectivity index (χ4v) is 3.77. The lowest BCUT2D eigenvalue weighted by molar-refractivity contribution is 0.172. The van der Waals surface area contributed by atoms with Crippen molar-refractivity contribution in [3.05, 3.63) is 78.0 Å². The number of rotatable bonds is 7. The first kappa shape index (κ1) is 24.2. The van der Waals surface area contributed by atoms with Gasteiger partial charge in [0.1, 0.15) is 5.84 Å². The molecule has 0 bridgehead atoms. The van der Waals surface area contributed by atoms with E-state index in [1.54, 1.807) is 24.3 Å². The smallest absolute Gasteiger partial charge is 0.190 e. The molecule has 3 rings (SSSR count). The van der Waals surface area contributed by atoms with Crippen LogP contribution in [0.1, 0.15) is 38.7 Å². The maximum Gasteiger partial charge on any atom is 0.190 e. The maximum atomic E-state index is 14.6. The molecule has 6 heteroatoms. The number of hydrogen-bond donors (Lipinski definition) is 0. The van der Waals surface area contributed by atoms with Gasteiger partial charge in [-0.2, -0.15) is 5.26 Å². The van der Waals surface area contributed by atoms with Gasteiger partial charge >= 0.3 is 0 Å². The Hall–Kier alpha value is -3.46. The number of amidine groups is 1. The van der Waals surface area contributed by atoms with Gasteiger partial charge in [-0.05, 0) is 73.1 Å². The van der Waals surface area contributed by atoms with E-state index in [1.807, 2.05) is 25.3 Å². The highest BCUT2D eigenvalue weighted by atomic mass is 19.1. The summed E-state index contributed by atoms with van der Waals surface area (Å²) in [5.41, 5.74) is 2.62. The van der Waals surface area contributed by atoms with Gasteiger partial charge in [-0.15, -0.1) is 0 Å². The Balaban J connectivity index is 1.57. The van der Waals surface area contributed by atoms with Crippen LogP contribution in [0, 0.1) is 28.9 Å². The van der Waals surface area contributed by atoms with Crippen LogP contribution in [0.4, 0.5) is 8.78 Å². The van der Waals surface area contributed by atoms with Gasteiger partial charge < -0.3 is 9.64 Å². The number of nitrogens with zero attached hydrogens (tertiary/aromatic N) is 3. The molecule has 1 heterocycles. The molecule has 2 aromatic rings. The van der Waals surface area contributed by atoms with Crippen molar-refractivity contribution < 1.29 is 13.5 Å². The van der Waals surface area contributed by atoms with E-state index < -0.39 is 11.6 Å². The summed E-state index contributed by atoms with van der Waals surface area (Å²) in [6.45, 7) is 9.77. The summed E-state index contributed by atoms with van der Waals surface area (Å²) in [5, 5.41) is 8.89. The third kappa shape index (κ3) is 6.29. The van der Waals surface area contributed by atoms with Crippen molar-refractivity contribution in [2.75, 3.05) is 19.7 Å². The van der Waals surface area contributed by atoms with Gasteiger partial charge in [0.2, 0.25) is 0 Å². The number of aliphatic imine (C=N–C) groups is 1. The Morgan fingerprint density at radius 1 is 1.18 bits per heavy atom. The fourth-order valence-electron chi connectivity index (χ4n) is 3.77. The van der Waals surface area contributed by atoms with Gasteiger partial charge in [0.15, 0.2) is 17.4 Å². The van der Waals surface area contributed by atoms with E-state index in [0.717, 1.165) is 43.8 Å². The first-order valence-corrected chi connectivity index (χ1v) is 11.2. The van der Waals surface area contributed by atoms with Crippen molar-refractivity contribution >= 4 is 5.84 Å². The zero-order valence-electron chi connectivity index (χ0n) is 19.2. The quantitative estimate of drug-likeness (QED) is 0.276. The number of hydrogen-bond acceptors (Lipinski definition) is 3. The molecule has 33 heavy (non-hydrogen) atoms. The molecular weight excluding hydrogens is 420 g/mol. The minimum atomic E-state index is -0.726. The van der Waals surface area contributed by atoms with Gasteiger partial charge in [-0.1, -0.05) is 31.7 Å². The average molecular weight is 450 g/mol. The largest absolute Gasteiger partial charge is 0.487 e. The predicted octanol–water partition coefficient (Wildman–Crippen LogP) is 6.49. The van der Waals surface area contributed by atoms with Gasteiger partial charge in [-0.25, -0.2) is 13.8 Å². The zero-order valence-corrected chi connectivity index (χ0v) is 19.2. The summed E-state index contributed by atoms with van der Waals surface area (Å²) in [6, 6.07) is 11.1. The summed E-state index contributed by atoms with van der Waals surface area (Å²) in [5.74, 6) is -0.612. The lowest BCUT2D eigenvalue weighted by Crippen LogP contribution is -2.38. The van der Waals surface area contributed by atoms with Crippen molar-refractivity contribution in [2.24, 2.45) is 10.9 Å². The molecule has 1 aliphatic heterocycles. The van der Waals surface area contributed by atoms with E-state index in [2.05, 4.69) is 23.4 Å². The average Bonchev–Trinajstić information content (AvgIpc) is 2.84. The van der Waals surface area contributed by atoms with Crippen molar-refractivity contribution in [1.82, 2.24) is 4.90 Å². The molecule has 0 atom stereocenters. The highest BCUT2D eigenvalue weighted by Gasteiger charge is 2.22. The Morgan fingerprint density at radius 3 is 2.36 bits per heavy atom. The number of halogens is 2. The Labute approximate surface area is 194 Å². The highest BCUT2D eigenvalue weighted by Crippen LogP contribution is 2.30. The number of piperidine rings is 1. The zero-order chi connectivity index (χ0) is 23.8. The Kier molecular flexibility index (Phi) is 8.37. The van der Waals surface area contributed by atoms with Crippen LogP contribution in [0.5, 0.6) is 5.75 Å². The number of likely N-dealkylation sites (tertiary alicyclic amines) is 1. The second kappa shape index (κ2) is 11.4. The molecule has 2 aromatic carbocycles. The first-order chi connectivity index (χ1) is 15.9. The number of allylic oxidation sites excluding steroid dienone is 2. The Bertz CT molecular complexity index is 1050. The van der Waals surface area contributed by atoms with Crippen molar-refractivity contribution in [3.63, 3.8) is 0 Å². The van der Waals surface area contributed by atoms with Gasteiger partial charge in [0.05, 0.1) is 18.2 Å². The molecule has 0 aliphatic carbocycles. The number of benzene rings is 2. The molecule has 0 unspecified atom stereocenters. The molecule has 0 amide bonds. The van der Waals surface area contributed by atoms with Crippen LogP contribution < -0.4 is 4.74 Å². The molecule has 172 valence electrons. The van der Waals surface area contributed by atoms with Crippen LogP contribution in [-0.2, 0) is 0 Å². The van der Waals surface area contributed by atoms with E-state index in [4.69, 9.17) is 10.00 Å². The van der Waals surface area contributed by atoms with E-state index in [-0.39, 0.29) is 18.3 Å². The lowest BCUT2D eigenvalue weighted by Gasteiger charge is -2.33. The van der Waals surface area contributed by atoms with Crippen molar-refractivity contribution in [3.8, 4) is 22.9 Å². The second-order valence-corrected chi connectivity index (χ2v) is 8.14. The predicted molar refractivity (Wildman–Crippen MR) is 128 cm³/mol. The van der Waals surface area contributed by atoms with Crippen molar-refractivity contribution in [2.45, 2.75) is 33.1 Å². The molecule has 4 nitrogen and oxygen atoms in total.